The molecule has 3 rings (SSSR count). The van der Waals surface area contributed by atoms with Gasteiger partial charge in [0.1, 0.15) is 10.7 Å². The molecule has 1 aromatic carbocycles. The van der Waals surface area contributed by atoms with Crippen LogP contribution >= 0.6 is 11.3 Å². The molecule has 0 unspecified atom stereocenters. The number of benzene rings is 1. The number of carbonyl (C=O) groups excluding carboxylic acids is 1. The highest BCUT2D eigenvalue weighted by Gasteiger charge is 2.13. The van der Waals surface area contributed by atoms with Crippen LogP contribution in [0.3, 0.4) is 0 Å². The first-order chi connectivity index (χ1) is 12.5. The van der Waals surface area contributed by atoms with Gasteiger partial charge in [0.25, 0.3) is 11.5 Å². The zero-order valence-corrected chi connectivity index (χ0v) is 15.4. The molecule has 134 valence electrons. The Morgan fingerprint density at radius 2 is 1.92 bits per heavy atom. The molecule has 7 nitrogen and oxygen atoms in total. The summed E-state index contributed by atoms with van der Waals surface area (Å²) in [5.74, 6) is 0.0498. The van der Waals surface area contributed by atoms with Crippen molar-refractivity contribution in [2.75, 3.05) is 5.32 Å². The first-order valence-corrected chi connectivity index (χ1v) is 9.09. The molecule has 3 aromatic rings. The van der Waals surface area contributed by atoms with Crippen LogP contribution in [0.25, 0.3) is 0 Å². The standard InChI is InChI=1S/C18H19N5O2S/c1-12(2)10-15-20-21-18(26-15)19-17(25)14-8-9-16(24)23(22-14)11-13-6-4-3-5-7-13/h3-9,12H,10-11H2,1-2H3,(H,19,21,25). The van der Waals surface area contributed by atoms with Crippen molar-refractivity contribution in [3.63, 3.8) is 0 Å². The number of nitrogens with one attached hydrogen (secondary N) is 1. The summed E-state index contributed by atoms with van der Waals surface area (Å²) in [6.45, 7) is 4.50. The van der Waals surface area contributed by atoms with Crippen LogP contribution in [-0.2, 0) is 13.0 Å². The minimum absolute atomic E-state index is 0.154. The second kappa shape index (κ2) is 8.01. The minimum Gasteiger partial charge on any atom is -0.295 e. The zero-order chi connectivity index (χ0) is 18.5. The highest BCUT2D eigenvalue weighted by molar-refractivity contribution is 7.15. The molecule has 0 spiro atoms. The number of anilines is 1. The molecule has 0 fully saturated rings. The van der Waals surface area contributed by atoms with E-state index in [9.17, 15) is 9.59 Å². The fraction of sp³-hybridized carbons (Fsp3) is 0.278. The molecule has 26 heavy (non-hydrogen) atoms. The predicted octanol–water partition coefficient (Wildman–Crippen LogP) is 2.59. The number of carbonyl (C=O) groups is 1. The van der Waals surface area contributed by atoms with Crippen molar-refractivity contribution in [3.8, 4) is 0 Å². The van der Waals surface area contributed by atoms with Crippen LogP contribution in [-0.4, -0.2) is 25.9 Å². The lowest BCUT2D eigenvalue weighted by atomic mass is 10.1. The Bertz CT molecular complexity index is 949. The highest BCUT2D eigenvalue weighted by atomic mass is 32.1. The van der Waals surface area contributed by atoms with Crippen molar-refractivity contribution in [2.24, 2.45) is 5.92 Å². The van der Waals surface area contributed by atoms with Gasteiger partial charge < -0.3 is 0 Å². The molecular weight excluding hydrogens is 350 g/mol. The number of hydrogen-bond donors (Lipinski definition) is 1. The summed E-state index contributed by atoms with van der Waals surface area (Å²) in [4.78, 5) is 24.4. The van der Waals surface area contributed by atoms with Gasteiger partial charge in [0.05, 0.1) is 6.54 Å². The predicted molar refractivity (Wildman–Crippen MR) is 100 cm³/mol. The normalized spacial score (nSPS) is 10.9. The summed E-state index contributed by atoms with van der Waals surface area (Å²) >= 11 is 1.34. The molecule has 0 aliphatic carbocycles. The first-order valence-electron chi connectivity index (χ1n) is 8.27. The van der Waals surface area contributed by atoms with Gasteiger partial charge in [-0.05, 0) is 17.5 Å². The summed E-state index contributed by atoms with van der Waals surface area (Å²) in [5, 5.41) is 16.2. The Balaban J connectivity index is 1.74. The summed E-state index contributed by atoms with van der Waals surface area (Å²) in [5.41, 5.74) is 0.823. The lowest BCUT2D eigenvalue weighted by Gasteiger charge is -2.06. The topological polar surface area (TPSA) is 89.8 Å². The molecule has 1 N–H and O–H groups in total. The SMILES string of the molecule is CC(C)Cc1nnc(NC(=O)c2ccc(=O)n(Cc3ccccc3)n2)s1. The van der Waals surface area contributed by atoms with E-state index in [1.165, 1.54) is 28.2 Å². The van der Waals surface area contributed by atoms with Crippen LogP contribution < -0.4 is 10.9 Å². The van der Waals surface area contributed by atoms with Gasteiger partial charge in [-0.15, -0.1) is 10.2 Å². The maximum Gasteiger partial charge on any atom is 0.277 e. The smallest absolute Gasteiger partial charge is 0.277 e. The third-order valence-electron chi connectivity index (χ3n) is 3.54. The van der Waals surface area contributed by atoms with Gasteiger partial charge in [-0.25, -0.2) is 4.68 Å². The number of rotatable bonds is 6. The molecule has 0 atom stereocenters. The highest BCUT2D eigenvalue weighted by Crippen LogP contribution is 2.18. The number of aromatic nitrogens is 4. The largest absolute Gasteiger partial charge is 0.295 e. The van der Waals surface area contributed by atoms with Gasteiger partial charge in [-0.1, -0.05) is 55.5 Å². The van der Waals surface area contributed by atoms with E-state index in [2.05, 4.69) is 34.5 Å². The zero-order valence-electron chi connectivity index (χ0n) is 14.5. The quantitative estimate of drug-likeness (QED) is 0.721. The lowest BCUT2D eigenvalue weighted by molar-refractivity contribution is 0.102. The van der Waals surface area contributed by atoms with Gasteiger partial charge in [0.15, 0.2) is 0 Å². The van der Waals surface area contributed by atoms with E-state index in [1.807, 2.05) is 30.3 Å². The second-order valence-corrected chi connectivity index (χ2v) is 7.32. The number of nitrogens with zero attached hydrogens (tertiary/aromatic N) is 4. The van der Waals surface area contributed by atoms with E-state index in [4.69, 9.17) is 0 Å². The maximum atomic E-state index is 12.4. The Labute approximate surface area is 154 Å². The van der Waals surface area contributed by atoms with Crippen molar-refractivity contribution in [1.82, 2.24) is 20.0 Å². The molecule has 2 heterocycles. The first kappa shape index (κ1) is 17.9. The minimum atomic E-state index is -0.418. The number of amides is 1. The van der Waals surface area contributed by atoms with Gasteiger partial charge in [0, 0.05) is 12.5 Å². The summed E-state index contributed by atoms with van der Waals surface area (Å²) in [7, 11) is 0. The summed E-state index contributed by atoms with van der Waals surface area (Å²) < 4.78 is 1.27. The van der Waals surface area contributed by atoms with E-state index in [0.29, 0.717) is 17.6 Å². The lowest BCUT2D eigenvalue weighted by Crippen LogP contribution is -2.26. The van der Waals surface area contributed by atoms with Crippen LogP contribution in [0.15, 0.2) is 47.3 Å². The Kier molecular flexibility index (Phi) is 5.52. The van der Waals surface area contributed by atoms with E-state index < -0.39 is 5.91 Å². The molecule has 2 aromatic heterocycles. The van der Waals surface area contributed by atoms with E-state index in [-0.39, 0.29) is 11.3 Å². The van der Waals surface area contributed by atoms with E-state index in [0.717, 1.165) is 17.0 Å². The Morgan fingerprint density at radius 1 is 1.15 bits per heavy atom. The van der Waals surface area contributed by atoms with Crippen LogP contribution in [0.2, 0.25) is 0 Å². The summed E-state index contributed by atoms with van der Waals surface area (Å²) in [6, 6.07) is 12.2. The number of hydrogen-bond acceptors (Lipinski definition) is 6. The van der Waals surface area contributed by atoms with Crippen LogP contribution in [0.5, 0.6) is 0 Å². The molecule has 0 aliphatic rings. The Hall–Kier alpha value is -2.87. The van der Waals surface area contributed by atoms with Crippen molar-refractivity contribution >= 4 is 22.4 Å². The van der Waals surface area contributed by atoms with Crippen molar-refractivity contribution in [2.45, 2.75) is 26.8 Å². The molecule has 0 aliphatic heterocycles. The van der Waals surface area contributed by atoms with Gasteiger partial charge in [0.2, 0.25) is 5.13 Å². The fourth-order valence-electron chi connectivity index (χ4n) is 2.34. The van der Waals surface area contributed by atoms with E-state index in [1.54, 1.807) is 0 Å². The molecule has 0 saturated carbocycles. The van der Waals surface area contributed by atoms with Gasteiger partial charge in [-0.2, -0.15) is 5.10 Å². The van der Waals surface area contributed by atoms with Gasteiger partial charge >= 0.3 is 0 Å². The maximum absolute atomic E-state index is 12.4. The second-order valence-electron chi connectivity index (χ2n) is 6.25. The molecule has 0 radical (unpaired) electrons. The van der Waals surface area contributed by atoms with Crippen molar-refractivity contribution in [1.29, 1.82) is 0 Å². The van der Waals surface area contributed by atoms with Crippen molar-refractivity contribution in [3.05, 3.63) is 69.1 Å². The van der Waals surface area contributed by atoms with Gasteiger partial charge in [-0.3, -0.25) is 14.9 Å². The third-order valence-corrected chi connectivity index (χ3v) is 4.41. The molecule has 0 bridgehead atoms. The fourth-order valence-corrected chi connectivity index (χ4v) is 3.28. The van der Waals surface area contributed by atoms with Crippen LogP contribution in [0.4, 0.5) is 5.13 Å². The average Bonchev–Trinajstić information content (AvgIpc) is 3.03. The average molecular weight is 369 g/mol. The third kappa shape index (κ3) is 4.60. The molecule has 1 amide bonds. The molecule has 0 saturated heterocycles. The van der Waals surface area contributed by atoms with Crippen LogP contribution in [0, 0.1) is 5.92 Å². The molecule has 8 heteroatoms. The van der Waals surface area contributed by atoms with E-state index >= 15 is 0 Å². The molecular formula is C18H19N5O2S. The van der Waals surface area contributed by atoms with Crippen molar-refractivity contribution < 1.29 is 4.79 Å². The monoisotopic (exact) mass is 369 g/mol. The Morgan fingerprint density at radius 3 is 2.65 bits per heavy atom. The summed E-state index contributed by atoms with van der Waals surface area (Å²) in [6.07, 6.45) is 0.813. The van der Waals surface area contributed by atoms with Crippen LogP contribution in [0.1, 0.15) is 34.9 Å².